The van der Waals surface area contributed by atoms with Gasteiger partial charge in [0, 0.05) is 15.7 Å². The second kappa shape index (κ2) is 7.24. The van der Waals surface area contributed by atoms with Gasteiger partial charge in [0.1, 0.15) is 0 Å². The standard InChI is InChI=1S/C15H21IN2O/c1-11-4-5-13(9-14(11)16)15(19)18-8-6-12-3-2-7-17-10-12/h4-5,9,12,17H,2-3,6-8,10H2,1H3,(H,18,19). The number of halogens is 1. The lowest BCUT2D eigenvalue weighted by atomic mass is 9.96. The summed E-state index contributed by atoms with van der Waals surface area (Å²) in [6, 6.07) is 5.85. The van der Waals surface area contributed by atoms with Crippen LogP contribution in [0, 0.1) is 16.4 Å². The summed E-state index contributed by atoms with van der Waals surface area (Å²) >= 11 is 2.27. The molecule has 1 atom stereocenters. The fourth-order valence-corrected chi connectivity index (χ4v) is 2.91. The Morgan fingerprint density at radius 1 is 1.53 bits per heavy atom. The summed E-state index contributed by atoms with van der Waals surface area (Å²) in [5.74, 6) is 0.758. The van der Waals surface area contributed by atoms with E-state index in [4.69, 9.17) is 0 Å². The Kier molecular flexibility index (Phi) is 5.63. The van der Waals surface area contributed by atoms with E-state index < -0.39 is 0 Å². The molecule has 0 aliphatic carbocycles. The van der Waals surface area contributed by atoms with E-state index in [0.717, 1.165) is 35.2 Å². The fraction of sp³-hybridized carbons (Fsp3) is 0.533. The van der Waals surface area contributed by atoms with E-state index >= 15 is 0 Å². The van der Waals surface area contributed by atoms with Crippen molar-refractivity contribution < 1.29 is 4.79 Å². The van der Waals surface area contributed by atoms with Crippen molar-refractivity contribution in [2.45, 2.75) is 26.2 Å². The molecule has 19 heavy (non-hydrogen) atoms. The second-order valence-electron chi connectivity index (χ2n) is 5.22. The zero-order valence-corrected chi connectivity index (χ0v) is 13.5. The Balaban J connectivity index is 1.78. The van der Waals surface area contributed by atoms with Gasteiger partial charge in [0.2, 0.25) is 0 Å². The lowest BCUT2D eigenvalue weighted by Gasteiger charge is -2.22. The minimum atomic E-state index is 0.0432. The molecular formula is C15H21IN2O. The van der Waals surface area contributed by atoms with E-state index in [1.54, 1.807) is 0 Å². The Bertz CT molecular complexity index is 442. The van der Waals surface area contributed by atoms with Crippen LogP contribution < -0.4 is 10.6 Å². The van der Waals surface area contributed by atoms with Gasteiger partial charge in [-0.25, -0.2) is 0 Å². The Hall–Kier alpha value is -0.620. The summed E-state index contributed by atoms with van der Waals surface area (Å²) < 4.78 is 1.14. The monoisotopic (exact) mass is 372 g/mol. The average Bonchev–Trinajstić information content (AvgIpc) is 2.43. The molecule has 2 N–H and O–H groups in total. The van der Waals surface area contributed by atoms with Crippen molar-refractivity contribution >= 4 is 28.5 Å². The predicted octanol–water partition coefficient (Wildman–Crippen LogP) is 2.72. The number of hydrogen-bond donors (Lipinski definition) is 2. The fourth-order valence-electron chi connectivity index (χ4n) is 2.40. The summed E-state index contributed by atoms with van der Waals surface area (Å²) in [4.78, 5) is 12.0. The van der Waals surface area contributed by atoms with Crippen LogP contribution in [0.5, 0.6) is 0 Å². The molecule has 2 rings (SSSR count). The maximum atomic E-state index is 12.0. The largest absolute Gasteiger partial charge is 0.352 e. The van der Waals surface area contributed by atoms with Gasteiger partial charge < -0.3 is 10.6 Å². The summed E-state index contributed by atoms with van der Waals surface area (Å²) in [5, 5.41) is 6.43. The van der Waals surface area contributed by atoms with Crippen molar-refractivity contribution in [2.75, 3.05) is 19.6 Å². The number of amides is 1. The van der Waals surface area contributed by atoms with Crippen molar-refractivity contribution in [2.24, 2.45) is 5.92 Å². The third kappa shape index (κ3) is 4.45. The molecule has 1 unspecified atom stereocenters. The third-order valence-electron chi connectivity index (χ3n) is 3.67. The van der Waals surface area contributed by atoms with E-state index in [2.05, 4.69) is 40.1 Å². The minimum Gasteiger partial charge on any atom is -0.352 e. The second-order valence-corrected chi connectivity index (χ2v) is 6.38. The van der Waals surface area contributed by atoms with Gasteiger partial charge in [-0.3, -0.25) is 4.79 Å². The van der Waals surface area contributed by atoms with Crippen LogP contribution in [0.4, 0.5) is 0 Å². The molecule has 0 spiro atoms. The minimum absolute atomic E-state index is 0.0432. The van der Waals surface area contributed by atoms with E-state index in [1.807, 2.05) is 18.2 Å². The van der Waals surface area contributed by atoms with E-state index in [9.17, 15) is 4.79 Å². The number of nitrogens with one attached hydrogen (secondary N) is 2. The highest BCUT2D eigenvalue weighted by molar-refractivity contribution is 14.1. The molecule has 0 bridgehead atoms. The number of benzene rings is 1. The molecule has 1 amide bonds. The van der Waals surface area contributed by atoms with E-state index in [0.29, 0.717) is 5.92 Å². The van der Waals surface area contributed by atoms with Gasteiger partial charge in [-0.1, -0.05) is 6.07 Å². The summed E-state index contributed by atoms with van der Waals surface area (Å²) in [6.07, 6.45) is 3.61. The maximum Gasteiger partial charge on any atom is 0.251 e. The number of carbonyl (C=O) groups excluding carboxylic acids is 1. The van der Waals surface area contributed by atoms with Gasteiger partial charge in [0.25, 0.3) is 5.91 Å². The molecule has 0 radical (unpaired) electrons. The van der Waals surface area contributed by atoms with E-state index in [-0.39, 0.29) is 5.91 Å². The lowest BCUT2D eigenvalue weighted by molar-refractivity contribution is 0.0950. The molecular weight excluding hydrogens is 351 g/mol. The summed E-state index contributed by atoms with van der Waals surface area (Å²) in [6.45, 7) is 5.07. The van der Waals surface area contributed by atoms with Crippen LogP contribution in [-0.2, 0) is 0 Å². The van der Waals surface area contributed by atoms with E-state index in [1.165, 1.54) is 18.4 Å². The van der Waals surface area contributed by atoms with Gasteiger partial charge in [-0.15, -0.1) is 0 Å². The number of hydrogen-bond acceptors (Lipinski definition) is 2. The van der Waals surface area contributed by atoms with Crippen LogP contribution in [-0.4, -0.2) is 25.5 Å². The molecule has 104 valence electrons. The molecule has 0 aromatic heterocycles. The molecule has 1 aromatic carbocycles. The molecule has 1 aromatic rings. The highest BCUT2D eigenvalue weighted by Crippen LogP contribution is 2.15. The van der Waals surface area contributed by atoms with Crippen molar-refractivity contribution in [3.63, 3.8) is 0 Å². The first-order chi connectivity index (χ1) is 9.16. The summed E-state index contributed by atoms with van der Waals surface area (Å²) in [5.41, 5.74) is 1.97. The number of carbonyl (C=O) groups is 1. The van der Waals surface area contributed by atoms with Gasteiger partial charge in [0.15, 0.2) is 0 Å². The third-order valence-corrected chi connectivity index (χ3v) is 4.83. The summed E-state index contributed by atoms with van der Waals surface area (Å²) in [7, 11) is 0. The average molecular weight is 372 g/mol. The van der Waals surface area contributed by atoms with Crippen molar-refractivity contribution in [3.05, 3.63) is 32.9 Å². The first-order valence-corrected chi connectivity index (χ1v) is 8.00. The van der Waals surface area contributed by atoms with Crippen molar-refractivity contribution in [1.29, 1.82) is 0 Å². The lowest BCUT2D eigenvalue weighted by Crippen LogP contribution is -2.33. The van der Waals surface area contributed by atoms with Gasteiger partial charge in [0.05, 0.1) is 0 Å². The zero-order valence-electron chi connectivity index (χ0n) is 11.3. The van der Waals surface area contributed by atoms with Crippen molar-refractivity contribution in [3.8, 4) is 0 Å². The number of aryl methyl sites for hydroxylation is 1. The highest BCUT2D eigenvalue weighted by atomic mass is 127. The maximum absolute atomic E-state index is 12.0. The topological polar surface area (TPSA) is 41.1 Å². The SMILES string of the molecule is Cc1ccc(C(=O)NCCC2CCCNC2)cc1I. The van der Waals surface area contributed by atoms with Crippen LogP contribution in [0.1, 0.15) is 35.2 Å². The number of piperidine rings is 1. The number of rotatable bonds is 4. The van der Waals surface area contributed by atoms with Crippen LogP contribution in [0.2, 0.25) is 0 Å². The quantitative estimate of drug-likeness (QED) is 0.799. The molecule has 0 saturated carbocycles. The molecule has 4 heteroatoms. The molecule has 1 aliphatic rings. The highest BCUT2D eigenvalue weighted by Gasteiger charge is 2.13. The predicted molar refractivity (Wildman–Crippen MR) is 86.4 cm³/mol. The Labute approximate surface area is 128 Å². The smallest absolute Gasteiger partial charge is 0.251 e. The van der Waals surface area contributed by atoms with Crippen molar-refractivity contribution in [1.82, 2.24) is 10.6 Å². The van der Waals surface area contributed by atoms with Crippen LogP contribution in [0.3, 0.4) is 0 Å². The van der Waals surface area contributed by atoms with Gasteiger partial charge in [-0.05, 0) is 85.5 Å². The van der Waals surface area contributed by atoms with Gasteiger partial charge in [-0.2, -0.15) is 0 Å². The van der Waals surface area contributed by atoms with Crippen LogP contribution >= 0.6 is 22.6 Å². The Morgan fingerprint density at radius 2 is 2.37 bits per heavy atom. The molecule has 1 fully saturated rings. The van der Waals surface area contributed by atoms with Gasteiger partial charge >= 0.3 is 0 Å². The van der Waals surface area contributed by atoms with Crippen LogP contribution in [0.25, 0.3) is 0 Å². The molecule has 3 nitrogen and oxygen atoms in total. The molecule has 1 aliphatic heterocycles. The van der Waals surface area contributed by atoms with Crippen LogP contribution in [0.15, 0.2) is 18.2 Å². The first kappa shape index (κ1) is 14.8. The molecule has 1 heterocycles. The molecule has 1 saturated heterocycles. The first-order valence-electron chi connectivity index (χ1n) is 6.92. The zero-order chi connectivity index (χ0) is 13.7. The normalized spacial score (nSPS) is 19.2. The Morgan fingerprint density at radius 3 is 3.05 bits per heavy atom.